The average molecular weight is 370 g/mol. The van der Waals surface area contributed by atoms with Gasteiger partial charge in [0.1, 0.15) is 12.7 Å². The highest BCUT2D eigenvalue weighted by Crippen LogP contribution is 2.23. The standard InChI is InChI=1S/C21H26N2O4/c1-21(2,3)23(12-15-8-5-4-6-9-15)13-16(24)14-26-18-11-7-10-17-19(18)27-20(25)22-17/h4-11,16,24H,12-14H2,1-3H3,(H,22,25). The van der Waals surface area contributed by atoms with Crippen LogP contribution in [0, 0.1) is 0 Å². The molecule has 0 bridgehead atoms. The summed E-state index contributed by atoms with van der Waals surface area (Å²) in [7, 11) is 0. The van der Waals surface area contributed by atoms with Crippen LogP contribution >= 0.6 is 0 Å². The van der Waals surface area contributed by atoms with E-state index in [2.05, 4.69) is 42.8 Å². The summed E-state index contributed by atoms with van der Waals surface area (Å²) in [5, 5.41) is 10.5. The van der Waals surface area contributed by atoms with Crippen molar-refractivity contribution in [3.8, 4) is 5.75 Å². The summed E-state index contributed by atoms with van der Waals surface area (Å²) in [4.78, 5) is 16.2. The van der Waals surface area contributed by atoms with Crippen LogP contribution in [0.4, 0.5) is 0 Å². The zero-order valence-corrected chi connectivity index (χ0v) is 15.9. The fourth-order valence-corrected chi connectivity index (χ4v) is 2.93. The van der Waals surface area contributed by atoms with Gasteiger partial charge in [-0.2, -0.15) is 0 Å². The first kappa shape index (κ1) is 19.2. The van der Waals surface area contributed by atoms with Crippen LogP contribution in [0.25, 0.3) is 11.1 Å². The molecule has 6 nitrogen and oxygen atoms in total. The van der Waals surface area contributed by atoms with E-state index >= 15 is 0 Å². The van der Waals surface area contributed by atoms with E-state index in [4.69, 9.17) is 9.15 Å². The van der Waals surface area contributed by atoms with Crippen LogP contribution < -0.4 is 10.5 Å². The second kappa shape index (κ2) is 7.98. The van der Waals surface area contributed by atoms with Gasteiger partial charge in [-0.05, 0) is 38.5 Å². The molecule has 0 radical (unpaired) electrons. The fraction of sp³-hybridized carbons (Fsp3) is 0.381. The van der Waals surface area contributed by atoms with Crippen molar-refractivity contribution in [2.75, 3.05) is 13.2 Å². The Bertz CT molecular complexity index is 924. The SMILES string of the molecule is CC(C)(C)N(Cc1ccccc1)CC(O)COc1cccc2[nH]c(=O)oc12. The summed E-state index contributed by atoms with van der Waals surface area (Å²) in [6.07, 6.45) is -0.686. The van der Waals surface area contributed by atoms with Crippen molar-refractivity contribution in [1.82, 2.24) is 9.88 Å². The lowest BCUT2D eigenvalue weighted by Gasteiger charge is -2.37. The van der Waals surface area contributed by atoms with E-state index in [9.17, 15) is 9.90 Å². The molecule has 3 rings (SSSR count). The van der Waals surface area contributed by atoms with Crippen LogP contribution in [0.5, 0.6) is 5.75 Å². The van der Waals surface area contributed by atoms with Crippen LogP contribution in [-0.2, 0) is 6.54 Å². The highest BCUT2D eigenvalue weighted by atomic mass is 16.5. The first-order valence-corrected chi connectivity index (χ1v) is 9.04. The molecule has 0 aliphatic rings. The van der Waals surface area contributed by atoms with Crippen LogP contribution in [0.1, 0.15) is 26.3 Å². The van der Waals surface area contributed by atoms with E-state index in [0.717, 1.165) is 6.54 Å². The van der Waals surface area contributed by atoms with Gasteiger partial charge in [0.25, 0.3) is 0 Å². The van der Waals surface area contributed by atoms with E-state index in [-0.39, 0.29) is 12.1 Å². The number of oxazole rings is 1. The predicted octanol–water partition coefficient (Wildman–Crippen LogP) is 3.16. The number of aromatic nitrogens is 1. The summed E-state index contributed by atoms with van der Waals surface area (Å²) in [5.41, 5.74) is 2.03. The zero-order valence-electron chi connectivity index (χ0n) is 15.9. The highest BCUT2D eigenvalue weighted by molar-refractivity contribution is 5.78. The predicted molar refractivity (Wildman–Crippen MR) is 105 cm³/mol. The molecule has 2 N–H and O–H groups in total. The molecule has 1 aromatic heterocycles. The summed E-state index contributed by atoms with van der Waals surface area (Å²) in [5.74, 6) is -0.0846. The Morgan fingerprint density at radius 1 is 1.15 bits per heavy atom. The molecule has 0 spiro atoms. The molecule has 0 aliphatic heterocycles. The summed E-state index contributed by atoms with van der Waals surface area (Å²) >= 11 is 0. The van der Waals surface area contributed by atoms with E-state index in [0.29, 0.717) is 23.4 Å². The van der Waals surface area contributed by atoms with Gasteiger partial charge in [-0.3, -0.25) is 9.88 Å². The number of aliphatic hydroxyl groups excluding tert-OH is 1. The van der Waals surface area contributed by atoms with Gasteiger partial charge in [0, 0.05) is 18.6 Å². The average Bonchev–Trinajstić information content (AvgIpc) is 3.00. The second-order valence-electron chi connectivity index (χ2n) is 7.65. The molecule has 6 heteroatoms. The number of para-hydroxylation sites is 1. The normalized spacial score (nSPS) is 13.2. The number of hydrogen-bond donors (Lipinski definition) is 2. The second-order valence-corrected chi connectivity index (χ2v) is 7.65. The number of rotatable bonds is 7. The third-order valence-electron chi connectivity index (χ3n) is 4.44. The third-order valence-corrected chi connectivity index (χ3v) is 4.44. The molecule has 0 saturated carbocycles. The summed E-state index contributed by atoms with van der Waals surface area (Å²) in [6, 6.07) is 15.4. The molecule has 0 saturated heterocycles. The molecule has 1 atom stereocenters. The zero-order chi connectivity index (χ0) is 19.4. The van der Waals surface area contributed by atoms with Gasteiger partial charge in [0.05, 0.1) is 5.52 Å². The molecule has 1 unspecified atom stereocenters. The smallest absolute Gasteiger partial charge is 0.417 e. The largest absolute Gasteiger partial charge is 0.487 e. The number of benzene rings is 2. The Morgan fingerprint density at radius 2 is 1.89 bits per heavy atom. The Balaban J connectivity index is 1.65. The molecular formula is C21H26N2O4. The molecule has 144 valence electrons. The van der Waals surface area contributed by atoms with E-state index in [1.165, 1.54) is 5.56 Å². The lowest BCUT2D eigenvalue weighted by atomic mass is 10.0. The van der Waals surface area contributed by atoms with Crippen LogP contribution in [0.2, 0.25) is 0 Å². The van der Waals surface area contributed by atoms with E-state index in [1.807, 2.05) is 18.2 Å². The molecule has 2 aromatic carbocycles. The monoisotopic (exact) mass is 370 g/mol. The number of hydrogen-bond acceptors (Lipinski definition) is 5. The molecule has 1 heterocycles. The van der Waals surface area contributed by atoms with Gasteiger partial charge in [-0.1, -0.05) is 36.4 Å². The third kappa shape index (κ3) is 4.99. The maximum atomic E-state index is 11.4. The Hall–Kier alpha value is -2.57. The number of nitrogens with one attached hydrogen (secondary N) is 1. The first-order valence-electron chi connectivity index (χ1n) is 9.04. The Labute approximate surface area is 158 Å². The van der Waals surface area contributed by atoms with Gasteiger partial charge < -0.3 is 14.3 Å². The topological polar surface area (TPSA) is 78.7 Å². The number of β-amino-alcohol motifs (C(OH)–C–C–N with tert-alkyl or cyclic N) is 1. The summed E-state index contributed by atoms with van der Waals surface area (Å²) < 4.78 is 10.8. The number of aromatic amines is 1. The van der Waals surface area contributed by atoms with Gasteiger partial charge in [-0.15, -0.1) is 0 Å². The highest BCUT2D eigenvalue weighted by Gasteiger charge is 2.24. The summed E-state index contributed by atoms with van der Waals surface area (Å²) in [6.45, 7) is 7.68. The van der Waals surface area contributed by atoms with Crippen molar-refractivity contribution in [2.24, 2.45) is 0 Å². The number of fused-ring (bicyclic) bond motifs is 1. The number of aliphatic hydroxyl groups is 1. The number of ether oxygens (including phenoxy) is 1. The maximum absolute atomic E-state index is 11.4. The van der Waals surface area contributed by atoms with Gasteiger partial charge >= 0.3 is 5.76 Å². The van der Waals surface area contributed by atoms with Gasteiger partial charge in [-0.25, -0.2) is 4.79 Å². The van der Waals surface area contributed by atoms with Crippen LogP contribution in [-0.4, -0.2) is 39.8 Å². The van der Waals surface area contributed by atoms with Crippen molar-refractivity contribution in [3.63, 3.8) is 0 Å². The van der Waals surface area contributed by atoms with Crippen molar-refractivity contribution in [2.45, 2.75) is 39.0 Å². The fourth-order valence-electron chi connectivity index (χ4n) is 2.93. The number of H-pyrrole nitrogens is 1. The molecule has 27 heavy (non-hydrogen) atoms. The molecule has 0 fully saturated rings. The lowest BCUT2D eigenvalue weighted by molar-refractivity contribution is 0.0286. The molecule has 0 amide bonds. The first-order chi connectivity index (χ1) is 12.8. The van der Waals surface area contributed by atoms with Crippen molar-refractivity contribution < 1.29 is 14.3 Å². The minimum atomic E-state index is -0.686. The molecule has 0 aliphatic carbocycles. The lowest BCUT2D eigenvalue weighted by Crippen LogP contribution is -2.46. The van der Waals surface area contributed by atoms with Crippen LogP contribution in [0.3, 0.4) is 0 Å². The Morgan fingerprint density at radius 3 is 2.59 bits per heavy atom. The van der Waals surface area contributed by atoms with E-state index in [1.54, 1.807) is 18.2 Å². The molecular weight excluding hydrogens is 344 g/mol. The quantitative estimate of drug-likeness (QED) is 0.668. The molecule has 3 aromatic rings. The van der Waals surface area contributed by atoms with Gasteiger partial charge in [0.15, 0.2) is 11.3 Å². The van der Waals surface area contributed by atoms with Crippen LogP contribution in [0.15, 0.2) is 57.7 Å². The van der Waals surface area contributed by atoms with Crippen molar-refractivity contribution >= 4 is 11.1 Å². The minimum Gasteiger partial charge on any atom is -0.487 e. The Kier molecular flexibility index (Phi) is 5.68. The van der Waals surface area contributed by atoms with E-state index < -0.39 is 11.9 Å². The van der Waals surface area contributed by atoms with Crippen molar-refractivity contribution in [3.05, 3.63) is 64.6 Å². The van der Waals surface area contributed by atoms with Crippen molar-refractivity contribution in [1.29, 1.82) is 0 Å². The minimum absolute atomic E-state index is 0.107. The maximum Gasteiger partial charge on any atom is 0.417 e. The van der Waals surface area contributed by atoms with Gasteiger partial charge in [0.2, 0.25) is 0 Å². The number of nitrogens with zero attached hydrogens (tertiary/aromatic N) is 1.